The monoisotopic (exact) mass is 291 g/mol. The summed E-state index contributed by atoms with van der Waals surface area (Å²) in [6.07, 6.45) is 3.40. The highest BCUT2D eigenvalue weighted by molar-refractivity contribution is 5.81. The summed E-state index contributed by atoms with van der Waals surface area (Å²) in [6, 6.07) is 3.94. The molecule has 2 atom stereocenters. The lowest BCUT2D eigenvalue weighted by Crippen LogP contribution is -2.34. The van der Waals surface area contributed by atoms with Crippen LogP contribution in [0.25, 0.3) is 0 Å². The van der Waals surface area contributed by atoms with Crippen molar-refractivity contribution in [1.82, 2.24) is 5.32 Å². The predicted octanol–water partition coefficient (Wildman–Crippen LogP) is 2.32. The van der Waals surface area contributed by atoms with Gasteiger partial charge in [-0.1, -0.05) is 6.92 Å². The minimum Gasteiger partial charge on any atom is -0.481 e. The van der Waals surface area contributed by atoms with Gasteiger partial charge in [0.25, 0.3) is 0 Å². The quantitative estimate of drug-likeness (QED) is 0.808. The third-order valence-electron chi connectivity index (χ3n) is 4.69. The van der Waals surface area contributed by atoms with Crippen LogP contribution in [0.5, 0.6) is 0 Å². The molecular weight excluding hydrogens is 270 g/mol. The molecule has 1 amide bonds. The summed E-state index contributed by atoms with van der Waals surface area (Å²) >= 11 is 0. The molecule has 5 nitrogen and oxygen atoms in total. The zero-order chi connectivity index (χ0) is 15.0. The summed E-state index contributed by atoms with van der Waals surface area (Å²) in [4.78, 5) is 22.8. The number of amides is 1. The van der Waals surface area contributed by atoms with Crippen molar-refractivity contribution in [2.75, 3.05) is 6.54 Å². The van der Waals surface area contributed by atoms with Crippen LogP contribution in [0.4, 0.5) is 0 Å². The van der Waals surface area contributed by atoms with Crippen LogP contribution in [-0.2, 0) is 16.0 Å². The lowest BCUT2D eigenvalue weighted by Gasteiger charge is -2.10. The van der Waals surface area contributed by atoms with Gasteiger partial charge in [-0.3, -0.25) is 9.59 Å². The maximum Gasteiger partial charge on any atom is 0.311 e. The van der Waals surface area contributed by atoms with Gasteiger partial charge in [0.1, 0.15) is 11.5 Å². The Morgan fingerprint density at radius 2 is 2.14 bits per heavy atom. The number of rotatable bonds is 7. The highest BCUT2D eigenvalue weighted by Gasteiger charge is 2.50. The first-order valence-corrected chi connectivity index (χ1v) is 7.59. The second-order valence-corrected chi connectivity index (χ2v) is 6.49. The van der Waals surface area contributed by atoms with E-state index in [4.69, 9.17) is 9.52 Å². The lowest BCUT2D eigenvalue weighted by atomic mass is 10.1. The van der Waals surface area contributed by atoms with Crippen LogP contribution in [-0.4, -0.2) is 23.5 Å². The summed E-state index contributed by atoms with van der Waals surface area (Å²) < 4.78 is 5.75. The molecule has 1 aromatic heterocycles. The Morgan fingerprint density at radius 3 is 2.71 bits per heavy atom. The normalized spacial score (nSPS) is 25.4. The van der Waals surface area contributed by atoms with E-state index in [1.807, 2.05) is 12.1 Å². The van der Waals surface area contributed by atoms with E-state index in [2.05, 4.69) is 12.2 Å². The summed E-state index contributed by atoms with van der Waals surface area (Å²) in [5.41, 5.74) is -0.699. The number of carbonyl (C=O) groups is 2. The summed E-state index contributed by atoms with van der Waals surface area (Å²) in [5.74, 6) is 2.20. The van der Waals surface area contributed by atoms with Crippen molar-refractivity contribution >= 4 is 11.9 Å². The molecule has 0 saturated heterocycles. The molecule has 1 heterocycles. The second kappa shape index (κ2) is 5.20. The molecule has 2 aliphatic carbocycles. The largest absolute Gasteiger partial charge is 0.481 e. The number of furan rings is 1. The lowest BCUT2D eigenvalue weighted by molar-refractivity contribution is -0.143. The number of aryl methyl sites for hydroxylation is 1. The molecule has 0 aliphatic heterocycles. The van der Waals surface area contributed by atoms with Gasteiger partial charge in [0, 0.05) is 25.3 Å². The Bertz CT molecular complexity index is 558. The summed E-state index contributed by atoms with van der Waals surface area (Å²) in [5, 5.41) is 11.8. The molecule has 0 bridgehead atoms. The average Bonchev–Trinajstić information content (AvgIpc) is 3.34. The van der Waals surface area contributed by atoms with Gasteiger partial charge in [0.2, 0.25) is 5.91 Å². The average molecular weight is 291 g/mol. The maximum atomic E-state index is 11.8. The minimum absolute atomic E-state index is 0.111. The minimum atomic E-state index is -0.808. The van der Waals surface area contributed by atoms with Gasteiger partial charge >= 0.3 is 5.97 Å². The smallest absolute Gasteiger partial charge is 0.311 e. The van der Waals surface area contributed by atoms with E-state index in [-0.39, 0.29) is 12.5 Å². The molecule has 0 spiro atoms. The predicted molar refractivity (Wildman–Crippen MR) is 75.9 cm³/mol. The van der Waals surface area contributed by atoms with Gasteiger partial charge in [-0.15, -0.1) is 0 Å². The second-order valence-electron chi connectivity index (χ2n) is 6.49. The van der Waals surface area contributed by atoms with Crippen LogP contribution >= 0.6 is 0 Å². The zero-order valence-corrected chi connectivity index (χ0v) is 12.2. The molecule has 2 N–H and O–H groups in total. The third-order valence-corrected chi connectivity index (χ3v) is 4.69. The van der Waals surface area contributed by atoms with E-state index in [0.29, 0.717) is 37.5 Å². The van der Waals surface area contributed by atoms with Crippen LogP contribution in [0.1, 0.15) is 50.0 Å². The third kappa shape index (κ3) is 3.12. The highest BCUT2D eigenvalue weighted by atomic mass is 16.4. The van der Waals surface area contributed by atoms with E-state index in [1.165, 1.54) is 6.42 Å². The van der Waals surface area contributed by atoms with Crippen molar-refractivity contribution in [2.24, 2.45) is 11.3 Å². The molecule has 0 radical (unpaired) electrons. The molecule has 2 aliphatic rings. The number of carbonyl (C=O) groups excluding carboxylic acids is 1. The number of nitrogens with one attached hydrogen (secondary N) is 1. The van der Waals surface area contributed by atoms with E-state index in [1.54, 1.807) is 0 Å². The van der Waals surface area contributed by atoms with Crippen LogP contribution in [0.15, 0.2) is 16.5 Å². The molecular formula is C16H21NO4. The van der Waals surface area contributed by atoms with E-state index in [9.17, 15) is 9.59 Å². The van der Waals surface area contributed by atoms with Gasteiger partial charge in [0.05, 0.1) is 5.41 Å². The van der Waals surface area contributed by atoms with Crippen LogP contribution in [0.3, 0.4) is 0 Å². The molecule has 2 unspecified atom stereocenters. The standard InChI is InChI=1S/C16H21NO4/c1-10-8-12(10)13-4-2-11(21-13)3-5-14(18)17-9-16(6-7-16)15(19)20/h2,4,10,12H,3,5-9H2,1H3,(H,17,18)(H,19,20). The van der Waals surface area contributed by atoms with Crippen LogP contribution in [0, 0.1) is 11.3 Å². The molecule has 5 heteroatoms. The SMILES string of the molecule is CC1CC1c1ccc(CCC(=O)NCC2(C(=O)O)CC2)o1. The Labute approximate surface area is 123 Å². The van der Waals surface area contributed by atoms with Gasteiger partial charge < -0.3 is 14.8 Å². The van der Waals surface area contributed by atoms with Crippen LogP contribution < -0.4 is 5.32 Å². The Kier molecular flexibility index (Phi) is 3.51. The fourth-order valence-electron chi connectivity index (χ4n) is 2.66. The fourth-order valence-corrected chi connectivity index (χ4v) is 2.66. The van der Waals surface area contributed by atoms with E-state index >= 15 is 0 Å². The topological polar surface area (TPSA) is 79.5 Å². The van der Waals surface area contributed by atoms with Crippen molar-refractivity contribution in [3.63, 3.8) is 0 Å². The number of hydrogen-bond acceptors (Lipinski definition) is 3. The molecule has 0 aromatic carbocycles. The fraction of sp³-hybridized carbons (Fsp3) is 0.625. The zero-order valence-electron chi connectivity index (χ0n) is 12.2. The number of aliphatic carboxylic acids is 1. The van der Waals surface area contributed by atoms with E-state index < -0.39 is 11.4 Å². The van der Waals surface area contributed by atoms with Crippen molar-refractivity contribution < 1.29 is 19.1 Å². The van der Waals surface area contributed by atoms with E-state index in [0.717, 1.165) is 11.5 Å². The summed E-state index contributed by atoms with van der Waals surface area (Å²) in [6.45, 7) is 2.45. The first-order chi connectivity index (χ1) is 10.00. The van der Waals surface area contributed by atoms with Crippen molar-refractivity contribution in [3.05, 3.63) is 23.7 Å². The maximum absolute atomic E-state index is 11.8. The Balaban J connectivity index is 1.41. The molecule has 114 valence electrons. The number of hydrogen-bond donors (Lipinski definition) is 2. The first-order valence-electron chi connectivity index (χ1n) is 7.59. The number of carboxylic acids is 1. The molecule has 1 aromatic rings. The highest BCUT2D eigenvalue weighted by Crippen LogP contribution is 2.47. The first kappa shape index (κ1) is 14.2. The van der Waals surface area contributed by atoms with Crippen molar-refractivity contribution in [1.29, 1.82) is 0 Å². The molecule has 3 rings (SSSR count). The van der Waals surface area contributed by atoms with Crippen molar-refractivity contribution in [2.45, 2.75) is 44.9 Å². The van der Waals surface area contributed by atoms with Gasteiger partial charge in [0.15, 0.2) is 0 Å². The van der Waals surface area contributed by atoms with Gasteiger partial charge in [-0.25, -0.2) is 0 Å². The Hall–Kier alpha value is -1.78. The Morgan fingerprint density at radius 1 is 1.43 bits per heavy atom. The van der Waals surface area contributed by atoms with Crippen LogP contribution in [0.2, 0.25) is 0 Å². The number of carboxylic acid groups (broad SMARTS) is 1. The molecule has 2 saturated carbocycles. The summed E-state index contributed by atoms with van der Waals surface area (Å²) in [7, 11) is 0. The van der Waals surface area contributed by atoms with Gasteiger partial charge in [-0.2, -0.15) is 0 Å². The molecule has 2 fully saturated rings. The van der Waals surface area contributed by atoms with Gasteiger partial charge in [-0.05, 0) is 37.3 Å². The molecule has 21 heavy (non-hydrogen) atoms. The van der Waals surface area contributed by atoms with Crippen molar-refractivity contribution in [3.8, 4) is 0 Å².